The molecule has 0 atom stereocenters. The quantitative estimate of drug-likeness (QED) is 0.582. The molecule has 3 rings (SSSR count). The highest BCUT2D eigenvalue weighted by atomic mass is 19.1. The molecule has 0 aliphatic carbocycles. The normalized spacial score (nSPS) is 10.9. The molecule has 0 bridgehead atoms. The number of hydrogen-bond acceptors (Lipinski definition) is 2. The fraction of sp³-hybridized carbons (Fsp3) is 0. The van der Waals surface area contributed by atoms with Crippen LogP contribution in [0.25, 0.3) is 17.0 Å². The Balaban J connectivity index is 2.18. The van der Waals surface area contributed by atoms with E-state index in [2.05, 4.69) is 10.1 Å². The van der Waals surface area contributed by atoms with Gasteiger partial charge in [-0.3, -0.25) is 0 Å². The Morgan fingerprint density at radius 1 is 1.18 bits per heavy atom. The Hall–Kier alpha value is -2.17. The minimum Gasteiger partial charge on any atom is -0.221 e. The van der Waals surface area contributed by atoms with E-state index in [1.54, 1.807) is 35.0 Å². The van der Waals surface area contributed by atoms with E-state index in [4.69, 9.17) is 7.85 Å². The van der Waals surface area contributed by atoms with Crippen molar-refractivity contribution in [2.45, 2.75) is 0 Å². The Morgan fingerprint density at radius 3 is 2.88 bits per heavy atom. The summed E-state index contributed by atoms with van der Waals surface area (Å²) in [5.41, 5.74) is 1.91. The summed E-state index contributed by atoms with van der Waals surface area (Å²) in [6.07, 6.45) is 1.72. The molecular formula is C12H7BFN3. The van der Waals surface area contributed by atoms with E-state index in [0.29, 0.717) is 22.5 Å². The molecule has 2 aromatic heterocycles. The summed E-state index contributed by atoms with van der Waals surface area (Å²) in [6.45, 7) is 0. The Bertz CT molecular complexity index is 693. The van der Waals surface area contributed by atoms with Gasteiger partial charge in [-0.05, 0) is 18.2 Å². The first-order chi connectivity index (χ1) is 8.22. The molecule has 17 heavy (non-hydrogen) atoms. The van der Waals surface area contributed by atoms with Crippen molar-refractivity contribution in [2.75, 3.05) is 0 Å². The predicted octanol–water partition coefficient (Wildman–Crippen LogP) is 1.33. The van der Waals surface area contributed by atoms with Crippen LogP contribution in [0.4, 0.5) is 4.39 Å². The number of nitrogens with zero attached hydrogens (tertiary/aromatic N) is 3. The van der Waals surface area contributed by atoms with Crippen molar-refractivity contribution >= 4 is 19.0 Å². The highest BCUT2D eigenvalue weighted by Crippen LogP contribution is 2.16. The predicted molar refractivity (Wildman–Crippen MR) is 63.8 cm³/mol. The molecule has 3 nitrogen and oxygen atoms in total. The molecule has 0 saturated heterocycles. The van der Waals surface area contributed by atoms with Crippen LogP contribution in [0, 0.1) is 5.82 Å². The van der Waals surface area contributed by atoms with Crippen LogP contribution in [-0.4, -0.2) is 22.4 Å². The summed E-state index contributed by atoms with van der Waals surface area (Å²) >= 11 is 0. The van der Waals surface area contributed by atoms with Gasteiger partial charge in [-0.25, -0.2) is 13.9 Å². The van der Waals surface area contributed by atoms with Gasteiger partial charge in [0, 0.05) is 11.8 Å². The van der Waals surface area contributed by atoms with Crippen LogP contribution >= 0.6 is 0 Å². The van der Waals surface area contributed by atoms with Crippen molar-refractivity contribution in [3.8, 4) is 11.4 Å². The summed E-state index contributed by atoms with van der Waals surface area (Å²) in [5, 5.41) is 4.25. The van der Waals surface area contributed by atoms with Crippen LogP contribution in [-0.2, 0) is 0 Å². The lowest BCUT2D eigenvalue weighted by molar-refractivity contribution is 0.628. The van der Waals surface area contributed by atoms with E-state index in [1.807, 2.05) is 0 Å². The van der Waals surface area contributed by atoms with E-state index < -0.39 is 0 Å². The van der Waals surface area contributed by atoms with Crippen LogP contribution in [0.3, 0.4) is 0 Å². The van der Waals surface area contributed by atoms with Gasteiger partial charge in [-0.15, -0.1) is 5.10 Å². The second-order valence-electron chi connectivity index (χ2n) is 3.71. The molecule has 2 radical (unpaired) electrons. The molecule has 0 spiro atoms. The van der Waals surface area contributed by atoms with Crippen molar-refractivity contribution in [1.29, 1.82) is 0 Å². The van der Waals surface area contributed by atoms with Crippen LogP contribution in [0.5, 0.6) is 0 Å². The maximum atomic E-state index is 13.1. The van der Waals surface area contributed by atoms with E-state index in [-0.39, 0.29) is 5.82 Å². The number of aromatic nitrogens is 3. The zero-order chi connectivity index (χ0) is 11.8. The summed E-state index contributed by atoms with van der Waals surface area (Å²) in [5.74, 6) is 0.177. The van der Waals surface area contributed by atoms with Gasteiger partial charge in [0.1, 0.15) is 13.7 Å². The minimum atomic E-state index is -0.305. The van der Waals surface area contributed by atoms with Crippen LogP contribution in [0.15, 0.2) is 42.6 Å². The zero-order valence-corrected chi connectivity index (χ0v) is 8.84. The maximum Gasteiger partial charge on any atom is 0.182 e. The number of hydrogen-bond donors (Lipinski definition) is 0. The van der Waals surface area contributed by atoms with Crippen LogP contribution < -0.4 is 5.46 Å². The molecule has 80 valence electrons. The molecule has 3 aromatic rings. The molecule has 5 heteroatoms. The lowest BCUT2D eigenvalue weighted by Gasteiger charge is -1.93. The molecule has 2 heterocycles. The summed E-state index contributed by atoms with van der Waals surface area (Å²) in [4.78, 5) is 4.29. The second-order valence-corrected chi connectivity index (χ2v) is 3.71. The maximum absolute atomic E-state index is 13.1. The third-order valence-corrected chi connectivity index (χ3v) is 2.44. The number of benzene rings is 1. The van der Waals surface area contributed by atoms with Crippen LogP contribution in [0.2, 0.25) is 0 Å². The third-order valence-electron chi connectivity index (χ3n) is 2.44. The first kappa shape index (κ1) is 10.0. The summed E-state index contributed by atoms with van der Waals surface area (Å²) in [7, 11) is 5.65. The fourth-order valence-electron chi connectivity index (χ4n) is 1.65. The van der Waals surface area contributed by atoms with Gasteiger partial charge in [0.2, 0.25) is 0 Å². The molecule has 0 aliphatic heterocycles. The SMILES string of the molecule is [B]c1ccn2nc(-c3cccc(F)c3)nc2c1. The average Bonchev–Trinajstić information content (AvgIpc) is 2.72. The average molecular weight is 223 g/mol. The molecule has 0 amide bonds. The molecular weight excluding hydrogens is 216 g/mol. The van der Waals surface area contributed by atoms with Crippen molar-refractivity contribution in [3.05, 3.63) is 48.4 Å². The van der Waals surface area contributed by atoms with Crippen molar-refractivity contribution in [3.63, 3.8) is 0 Å². The first-order valence-corrected chi connectivity index (χ1v) is 5.10. The molecule has 0 aliphatic rings. The van der Waals surface area contributed by atoms with E-state index in [1.165, 1.54) is 12.1 Å². The smallest absolute Gasteiger partial charge is 0.182 e. The fourth-order valence-corrected chi connectivity index (χ4v) is 1.65. The van der Waals surface area contributed by atoms with E-state index in [0.717, 1.165) is 0 Å². The van der Waals surface area contributed by atoms with Crippen LogP contribution in [0.1, 0.15) is 0 Å². The monoisotopic (exact) mass is 223 g/mol. The van der Waals surface area contributed by atoms with Gasteiger partial charge < -0.3 is 0 Å². The molecule has 0 fully saturated rings. The van der Waals surface area contributed by atoms with E-state index >= 15 is 0 Å². The molecule has 0 saturated carbocycles. The highest BCUT2D eigenvalue weighted by molar-refractivity contribution is 6.32. The standard InChI is InChI=1S/C12H7BFN3/c13-9-4-5-17-11(7-9)15-12(16-17)8-2-1-3-10(14)6-8/h1-7H. The van der Waals surface area contributed by atoms with Gasteiger partial charge in [0.05, 0.1) is 0 Å². The Labute approximate surface area is 98.3 Å². The van der Waals surface area contributed by atoms with Gasteiger partial charge in [-0.1, -0.05) is 23.7 Å². The molecule has 1 aromatic carbocycles. The number of halogens is 1. The van der Waals surface area contributed by atoms with Gasteiger partial charge in [0.15, 0.2) is 11.5 Å². The van der Waals surface area contributed by atoms with Gasteiger partial charge >= 0.3 is 0 Å². The number of rotatable bonds is 1. The lowest BCUT2D eigenvalue weighted by Crippen LogP contribution is -2.02. The highest BCUT2D eigenvalue weighted by Gasteiger charge is 2.06. The van der Waals surface area contributed by atoms with Crippen molar-refractivity contribution in [2.24, 2.45) is 0 Å². The van der Waals surface area contributed by atoms with Crippen molar-refractivity contribution < 1.29 is 4.39 Å². The third kappa shape index (κ3) is 1.80. The van der Waals surface area contributed by atoms with Gasteiger partial charge in [-0.2, -0.15) is 0 Å². The topological polar surface area (TPSA) is 30.2 Å². The minimum absolute atomic E-state index is 0.305. The number of pyridine rings is 1. The second kappa shape index (κ2) is 3.70. The van der Waals surface area contributed by atoms with Gasteiger partial charge in [0.25, 0.3) is 0 Å². The zero-order valence-electron chi connectivity index (χ0n) is 8.84. The summed E-state index contributed by atoms with van der Waals surface area (Å²) < 4.78 is 14.7. The lowest BCUT2D eigenvalue weighted by atomic mass is 9.98. The molecule has 0 N–H and O–H groups in total. The summed E-state index contributed by atoms with van der Waals surface area (Å²) in [6, 6.07) is 9.63. The Morgan fingerprint density at radius 2 is 2.06 bits per heavy atom. The largest absolute Gasteiger partial charge is 0.221 e. The molecule has 0 unspecified atom stereocenters. The van der Waals surface area contributed by atoms with E-state index in [9.17, 15) is 4.39 Å². The Kier molecular flexibility index (Phi) is 2.18. The first-order valence-electron chi connectivity index (χ1n) is 5.10. The number of fused-ring (bicyclic) bond motifs is 1. The van der Waals surface area contributed by atoms with Crippen molar-refractivity contribution in [1.82, 2.24) is 14.6 Å².